The maximum Gasteiger partial charge on any atom is 0.295 e. The summed E-state index contributed by atoms with van der Waals surface area (Å²) in [6.45, 7) is 1.38. The van der Waals surface area contributed by atoms with E-state index in [9.17, 15) is 14.5 Å². The van der Waals surface area contributed by atoms with Crippen LogP contribution < -0.4 is 0 Å². The Labute approximate surface area is 120 Å². The second-order valence-electron chi connectivity index (χ2n) is 4.90. The number of carbonyl (C=O) groups is 2. The van der Waals surface area contributed by atoms with Gasteiger partial charge in [-0.1, -0.05) is 18.2 Å². The molecule has 7 heteroatoms. The number of nitrogens with one attached hydrogen (secondary N) is 1. The van der Waals surface area contributed by atoms with Gasteiger partial charge in [-0.05, 0) is 6.07 Å². The van der Waals surface area contributed by atoms with Gasteiger partial charge in [0.2, 0.25) is 0 Å². The first-order chi connectivity index (χ1) is 10.2. The molecule has 0 atom stereocenters. The molecule has 1 N–H and O–H groups in total. The van der Waals surface area contributed by atoms with Gasteiger partial charge in [-0.15, -0.1) is 4.91 Å². The van der Waals surface area contributed by atoms with Gasteiger partial charge in [-0.3, -0.25) is 14.6 Å². The number of H-pyrrole nitrogens is 1. The number of fused-ring (bicyclic) bond motifs is 1. The number of aromatic amines is 1. The first kappa shape index (κ1) is 13.3. The van der Waals surface area contributed by atoms with Crippen molar-refractivity contribution in [1.29, 1.82) is 0 Å². The van der Waals surface area contributed by atoms with Crippen LogP contribution in [0.5, 0.6) is 0 Å². The summed E-state index contributed by atoms with van der Waals surface area (Å²) in [5.41, 5.74) is 1.20. The quantitative estimate of drug-likeness (QED) is 0.521. The summed E-state index contributed by atoms with van der Waals surface area (Å²) in [5.74, 6) is -1.06. The molecule has 108 valence electrons. The lowest BCUT2D eigenvalue weighted by Gasteiger charge is -2.30. The third-order valence-electron chi connectivity index (χ3n) is 3.69. The van der Waals surface area contributed by atoms with E-state index in [0.29, 0.717) is 31.7 Å². The first-order valence-electron chi connectivity index (χ1n) is 6.68. The highest BCUT2D eigenvalue weighted by Crippen LogP contribution is 2.19. The molecular weight excluding hydrogens is 272 g/mol. The second kappa shape index (κ2) is 5.35. The van der Waals surface area contributed by atoms with Crippen molar-refractivity contribution in [3.63, 3.8) is 0 Å². The van der Waals surface area contributed by atoms with Crippen LogP contribution in [0.4, 0.5) is 0 Å². The first-order valence-corrected chi connectivity index (χ1v) is 6.68. The van der Waals surface area contributed by atoms with E-state index in [1.165, 1.54) is 9.91 Å². The number of nitroso groups, excluding NO2 is 1. The maximum absolute atomic E-state index is 12.4. The lowest BCUT2D eigenvalue weighted by molar-refractivity contribution is -0.128. The van der Waals surface area contributed by atoms with Crippen LogP contribution in [-0.4, -0.2) is 52.8 Å². The number of Topliss-reactive ketones (excluding diaryl/α,β-unsaturated/α-hetero) is 1. The van der Waals surface area contributed by atoms with Gasteiger partial charge in [0.15, 0.2) is 0 Å². The van der Waals surface area contributed by atoms with Crippen molar-refractivity contribution in [1.82, 2.24) is 14.9 Å². The predicted octanol–water partition coefficient (Wildman–Crippen LogP) is 1.18. The smallest absolute Gasteiger partial charge is 0.295 e. The minimum atomic E-state index is -0.537. The highest BCUT2D eigenvalue weighted by Gasteiger charge is 2.28. The number of rotatable bonds is 3. The molecular formula is C14H14N4O3. The molecule has 0 saturated carbocycles. The van der Waals surface area contributed by atoms with E-state index < -0.39 is 11.7 Å². The summed E-state index contributed by atoms with van der Waals surface area (Å²) < 4.78 is 0. The Hall–Kier alpha value is -2.70. The number of para-hydroxylation sites is 1. The number of hydrogen-bond donors (Lipinski definition) is 1. The Kier molecular flexibility index (Phi) is 3.39. The van der Waals surface area contributed by atoms with Crippen LogP contribution >= 0.6 is 0 Å². The Balaban J connectivity index is 1.79. The molecule has 3 rings (SSSR count). The van der Waals surface area contributed by atoms with Crippen LogP contribution in [0.3, 0.4) is 0 Å². The van der Waals surface area contributed by atoms with Crippen LogP contribution in [0, 0.1) is 4.91 Å². The van der Waals surface area contributed by atoms with Crippen molar-refractivity contribution in [2.45, 2.75) is 0 Å². The lowest BCUT2D eigenvalue weighted by atomic mass is 10.1. The number of benzene rings is 1. The molecule has 0 spiro atoms. The van der Waals surface area contributed by atoms with Gasteiger partial charge in [0.25, 0.3) is 11.7 Å². The van der Waals surface area contributed by atoms with E-state index in [1.807, 2.05) is 18.2 Å². The van der Waals surface area contributed by atoms with Crippen LogP contribution in [0.2, 0.25) is 0 Å². The molecule has 2 aromatic rings. The maximum atomic E-state index is 12.4. The largest absolute Gasteiger partial charge is 0.360 e. The second-order valence-corrected chi connectivity index (χ2v) is 4.90. The van der Waals surface area contributed by atoms with E-state index >= 15 is 0 Å². The van der Waals surface area contributed by atoms with Crippen molar-refractivity contribution >= 4 is 22.6 Å². The number of aromatic nitrogens is 1. The number of ketones is 1. The molecule has 0 bridgehead atoms. The zero-order valence-electron chi connectivity index (χ0n) is 11.3. The van der Waals surface area contributed by atoms with Crippen molar-refractivity contribution in [3.05, 3.63) is 40.9 Å². The van der Waals surface area contributed by atoms with Crippen LogP contribution in [0.25, 0.3) is 10.9 Å². The van der Waals surface area contributed by atoms with Gasteiger partial charge < -0.3 is 9.88 Å². The summed E-state index contributed by atoms with van der Waals surface area (Å²) in [6.07, 6.45) is 1.56. The third kappa shape index (κ3) is 2.37. The molecule has 0 radical (unpaired) electrons. The highest BCUT2D eigenvalue weighted by molar-refractivity contribution is 6.44. The van der Waals surface area contributed by atoms with Crippen molar-refractivity contribution < 1.29 is 9.59 Å². The summed E-state index contributed by atoms with van der Waals surface area (Å²) in [7, 11) is 0. The summed E-state index contributed by atoms with van der Waals surface area (Å²) in [5, 5.41) is 4.92. The van der Waals surface area contributed by atoms with Crippen molar-refractivity contribution in [3.8, 4) is 0 Å². The van der Waals surface area contributed by atoms with E-state index in [2.05, 4.69) is 10.3 Å². The van der Waals surface area contributed by atoms with Gasteiger partial charge in [0.05, 0.1) is 23.9 Å². The molecule has 0 aliphatic carbocycles. The van der Waals surface area contributed by atoms with Crippen LogP contribution in [0.15, 0.2) is 35.7 Å². The number of nitrogens with zero attached hydrogens (tertiary/aromatic N) is 3. The van der Waals surface area contributed by atoms with Crippen LogP contribution in [-0.2, 0) is 4.79 Å². The van der Waals surface area contributed by atoms with E-state index in [0.717, 1.165) is 10.9 Å². The van der Waals surface area contributed by atoms with Crippen molar-refractivity contribution in [2.75, 3.05) is 26.2 Å². The summed E-state index contributed by atoms with van der Waals surface area (Å²) in [4.78, 5) is 39.5. The van der Waals surface area contributed by atoms with Gasteiger partial charge in [-0.25, -0.2) is 0 Å². The van der Waals surface area contributed by atoms with E-state index in [-0.39, 0.29) is 0 Å². The van der Waals surface area contributed by atoms with Gasteiger partial charge in [0.1, 0.15) is 0 Å². The van der Waals surface area contributed by atoms with Crippen LogP contribution in [0.1, 0.15) is 10.4 Å². The average Bonchev–Trinajstić information content (AvgIpc) is 2.97. The molecule has 1 fully saturated rings. The normalized spacial score (nSPS) is 15.2. The molecule has 7 nitrogen and oxygen atoms in total. The number of amides is 1. The number of piperazine rings is 1. The standard InChI is InChI=1S/C14H14N4O3/c19-13(11-9-15-12-4-2-1-3-10(11)12)14(20)17-5-7-18(16-21)8-6-17/h1-4,9,15H,5-8H2. The SMILES string of the molecule is O=NN1CCN(C(=O)C(=O)c2c[nH]c3ccccc23)CC1. The third-order valence-corrected chi connectivity index (χ3v) is 3.69. The lowest BCUT2D eigenvalue weighted by Crippen LogP contribution is -2.48. The Morgan fingerprint density at radius 1 is 1.10 bits per heavy atom. The Morgan fingerprint density at radius 3 is 2.52 bits per heavy atom. The number of hydrogen-bond acceptors (Lipinski definition) is 4. The molecule has 1 aliphatic heterocycles. The molecule has 1 aromatic heterocycles. The monoisotopic (exact) mass is 286 g/mol. The predicted molar refractivity (Wildman–Crippen MR) is 76.6 cm³/mol. The molecule has 1 amide bonds. The number of carbonyl (C=O) groups excluding carboxylic acids is 2. The zero-order chi connectivity index (χ0) is 14.8. The minimum absolute atomic E-state index is 0.332. The minimum Gasteiger partial charge on any atom is -0.360 e. The van der Waals surface area contributed by atoms with E-state index in [4.69, 9.17) is 0 Å². The fourth-order valence-corrected chi connectivity index (χ4v) is 2.50. The van der Waals surface area contributed by atoms with Gasteiger partial charge in [0, 0.05) is 30.2 Å². The van der Waals surface area contributed by atoms with E-state index in [1.54, 1.807) is 12.3 Å². The molecule has 1 aromatic carbocycles. The molecule has 1 saturated heterocycles. The zero-order valence-corrected chi connectivity index (χ0v) is 11.3. The molecule has 2 heterocycles. The average molecular weight is 286 g/mol. The molecule has 1 aliphatic rings. The van der Waals surface area contributed by atoms with Gasteiger partial charge in [-0.2, -0.15) is 0 Å². The topological polar surface area (TPSA) is 85.8 Å². The summed E-state index contributed by atoms with van der Waals surface area (Å²) in [6, 6.07) is 7.35. The Bertz CT molecular complexity index is 701. The van der Waals surface area contributed by atoms with Gasteiger partial charge >= 0.3 is 0 Å². The molecule has 0 unspecified atom stereocenters. The Morgan fingerprint density at radius 2 is 1.81 bits per heavy atom. The fourth-order valence-electron chi connectivity index (χ4n) is 2.50. The fraction of sp³-hybridized carbons (Fsp3) is 0.286. The van der Waals surface area contributed by atoms with Crippen molar-refractivity contribution in [2.24, 2.45) is 5.29 Å². The summed E-state index contributed by atoms with van der Waals surface area (Å²) >= 11 is 0. The highest BCUT2D eigenvalue weighted by atomic mass is 16.3. The molecule has 21 heavy (non-hydrogen) atoms.